The van der Waals surface area contributed by atoms with E-state index in [-0.39, 0.29) is 11.5 Å². The zero-order valence-corrected chi connectivity index (χ0v) is 12.3. The predicted molar refractivity (Wildman–Crippen MR) is 81.8 cm³/mol. The van der Waals surface area contributed by atoms with E-state index in [1.807, 2.05) is 24.3 Å². The van der Waals surface area contributed by atoms with Gasteiger partial charge in [0.05, 0.1) is 0 Å². The van der Waals surface area contributed by atoms with E-state index in [2.05, 4.69) is 5.32 Å². The van der Waals surface area contributed by atoms with Crippen LogP contribution in [0.15, 0.2) is 36.4 Å². The number of rotatable bonds is 2. The summed E-state index contributed by atoms with van der Waals surface area (Å²) in [4.78, 5) is 22.5. The normalized spacial score (nSPS) is 11.7. The van der Waals surface area contributed by atoms with Gasteiger partial charge in [0.1, 0.15) is 0 Å². The van der Waals surface area contributed by atoms with Crippen LogP contribution < -0.4 is 14.8 Å². The van der Waals surface area contributed by atoms with Crippen LogP contribution >= 0.6 is 0 Å². The fourth-order valence-electron chi connectivity index (χ4n) is 2.53. The molecule has 112 valence electrons. The molecule has 0 amide bonds. The molecular weight excluding hydrogens is 282 g/mol. The van der Waals surface area contributed by atoms with E-state index in [1.165, 1.54) is 13.8 Å². The topological polar surface area (TPSA) is 64.6 Å². The number of fused-ring (bicyclic) bond motifs is 3. The van der Waals surface area contributed by atoms with E-state index in [0.29, 0.717) is 6.54 Å². The Balaban J connectivity index is 2.14. The van der Waals surface area contributed by atoms with Crippen LogP contribution in [0.3, 0.4) is 0 Å². The SMILES string of the molecule is CC(=O)Oc1cc2c(cc1OC(C)=O)-c1ccccc1NC2. The van der Waals surface area contributed by atoms with Gasteiger partial charge in [-0.25, -0.2) is 0 Å². The van der Waals surface area contributed by atoms with Crippen molar-refractivity contribution in [3.63, 3.8) is 0 Å². The summed E-state index contributed by atoms with van der Waals surface area (Å²) in [5.41, 5.74) is 3.97. The molecule has 0 saturated carbocycles. The quantitative estimate of drug-likeness (QED) is 0.681. The number of para-hydroxylation sites is 1. The molecule has 0 fully saturated rings. The number of ether oxygens (including phenoxy) is 2. The third-order valence-corrected chi connectivity index (χ3v) is 3.36. The van der Waals surface area contributed by atoms with Gasteiger partial charge in [0.2, 0.25) is 0 Å². The Morgan fingerprint density at radius 1 is 0.955 bits per heavy atom. The van der Waals surface area contributed by atoms with Crippen LogP contribution in [0.2, 0.25) is 0 Å². The summed E-state index contributed by atoms with van der Waals surface area (Å²) in [5.74, 6) is -0.422. The van der Waals surface area contributed by atoms with Crippen molar-refractivity contribution in [2.24, 2.45) is 0 Å². The molecule has 2 aromatic carbocycles. The lowest BCUT2D eigenvalue weighted by Crippen LogP contribution is -2.12. The van der Waals surface area contributed by atoms with Crippen molar-refractivity contribution >= 4 is 17.6 Å². The molecule has 1 N–H and O–H groups in total. The molecule has 1 aliphatic rings. The standard InChI is InChI=1S/C17H15NO4/c1-10(19)21-16-7-12-9-18-15-6-4-3-5-13(15)14(12)8-17(16)22-11(2)20/h3-8,18H,9H2,1-2H3. The highest BCUT2D eigenvalue weighted by Gasteiger charge is 2.20. The fraction of sp³-hybridized carbons (Fsp3) is 0.176. The van der Waals surface area contributed by atoms with Crippen LogP contribution in [0.5, 0.6) is 11.5 Å². The lowest BCUT2D eigenvalue weighted by molar-refractivity contribution is -0.134. The van der Waals surface area contributed by atoms with E-state index in [0.717, 1.165) is 22.4 Å². The molecule has 0 saturated heterocycles. The second-order valence-electron chi connectivity index (χ2n) is 5.04. The smallest absolute Gasteiger partial charge is 0.308 e. The molecule has 5 heteroatoms. The number of benzene rings is 2. The third-order valence-electron chi connectivity index (χ3n) is 3.36. The van der Waals surface area contributed by atoms with E-state index < -0.39 is 11.9 Å². The average Bonchev–Trinajstić information content (AvgIpc) is 2.47. The maximum atomic E-state index is 11.3. The van der Waals surface area contributed by atoms with Gasteiger partial charge in [-0.05, 0) is 29.3 Å². The van der Waals surface area contributed by atoms with Gasteiger partial charge in [-0.1, -0.05) is 18.2 Å². The first-order valence-corrected chi connectivity index (χ1v) is 6.91. The molecule has 2 aromatic rings. The molecule has 0 atom stereocenters. The van der Waals surface area contributed by atoms with Crippen molar-refractivity contribution < 1.29 is 19.1 Å². The monoisotopic (exact) mass is 297 g/mol. The van der Waals surface area contributed by atoms with Crippen LogP contribution in [0.4, 0.5) is 5.69 Å². The third kappa shape index (κ3) is 2.65. The number of hydrogen-bond acceptors (Lipinski definition) is 5. The molecule has 0 aliphatic carbocycles. The summed E-state index contributed by atoms with van der Waals surface area (Å²) in [6.45, 7) is 3.23. The van der Waals surface area contributed by atoms with Gasteiger partial charge in [0, 0.05) is 31.6 Å². The van der Waals surface area contributed by atoms with Gasteiger partial charge >= 0.3 is 11.9 Å². The Morgan fingerprint density at radius 3 is 2.27 bits per heavy atom. The lowest BCUT2D eigenvalue weighted by atomic mass is 9.94. The van der Waals surface area contributed by atoms with Crippen LogP contribution in [-0.2, 0) is 16.1 Å². The summed E-state index contributed by atoms with van der Waals surface area (Å²) in [7, 11) is 0. The van der Waals surface area contributed by atoms with Gasteiger partial charge in [0.25, 0.3) is 0 Å². The number of nitrogens with one attached hydrogen (secondary N) is 1. The summed E-state index contributed by atoms with van der Waals surface area (Å²) in [6, 6.07) is 11.4. The molecule has 5 nitrogen and oxygen atoms in total. The first-order valence-electron chi connectivity index (χ1n) is 6.91. The van der Waals surface area contributed by atoms with E-state index in [4.69, 9.17) is 9.47 Å². The molecule has 3 rings (SSSR count). The van der Waals surface area contributed by atoms with Crippen LogP contribution in [-0.4, -0.2) is 11.9 Å². The van der Waals surface area contributed by atoms with Crippen molar-refractivity contribution in [3.05, 3.63) is 42.0 Å². The predicted octanol–water partition coefficient (Wildman–Crippen LogP) is 3.13. The summed E-state index contributed by atoms with van der Waals surface area (Å²) in [6.07, 6.45) is 0. The molecule has 0 aromatic heterocycles. The molecule has 0 bridgehead atoms. The number of esters is 2. The molecule has 0 spiro atoms. The van der Waals surface area contributed by atoms with E-state index >= 15 is 0 Å². The molecule has 1 aliphatic heterocycles. The summed E-state index contributed by atoms with van der Waals surface area (Å²) < 4.78 is 10.3. The summed E-state index contributed by atoms with van der Waals surface area (Å²) in [5, 5.41) is 3.31. The Morgan fingerprint density at radius 2 is 1.59 bits per heavy atom. The highest BCUT2D eigenvalue weighted by molar-refractivity contribution is 5.85. The van der Waals surface area contributed by atoms with Gasteiger partial charge < -0.3 is 14.8 Å². The van der Waals surface area contributed by atoms with Gasteiger partial charge in [-0.15, -0.1) is 0 Å². The number of hydrogen-bond donors (Lipinski definition) is 1. The zero-order valence-electron chi connectivity index (χ0n) is 12.3. The Bertz CT molecular complexity index is 767. The number of anilines is 1. The Hall–Kier alpha value is -2.82. The van der Waals surface area contributed by atoms with E-state index in [1.54, 1.807) is 12.1 Å². The first-order chi connectivity index (χ1) is 10.5. The van der Waals surface area contributed by atoms with Gasteiger partial charge in [-0.3, -0.25) is 9.59 Å². The minimum atomic E-state index is -0.462. The van der Waals surface area contributed by atoms with Crippen molar-refractivity contribution in [2.75, 3.05) is 5.32 Å². The Kier molecular flexibility index (Phi) is 3.55. The highest BCUT2D eigenvalue weighted by atomic mass is 16.6. The summed E-state index contributed by atoms with van der Waals surface area (Å²) >= 11 is 0. The van der Waals surface area contributed by atoms with Crippen molar-refractivity contribution in [3.8, 4) is 22.6 Å². The molecule has 0 unspecified atom stereocenters. The second kappa shape index (κ2) is 5.52. The number of carbonyl (C=O) groups excluding carboxylic acids is 2. The van der Waals surface area contributed by atoms with Crippen LogP contribution in [0, 0.1) is 0 Å². The van der Waals surface area contributed by atoms with Crippen LogP contribution in [0.25, 0.3) is 11.1 Å². The van der Waals surface area contributed by atoms with E-state index in [9.17, 15) is 9.59 Å². The Labute approximate surface area is 127 Å². The largest absolute Gasteiger partial charge is 0.423 e. The van der Waals surface area contributed by atoms with Crippen LogP contribution in [0.1, 0.15) is 19.4 Å². The lowest BCUT2D eigenvalue weighted by Gasteiger charge is -2.23. The maximum absolute atomic E-state index is 11.3. The molecule has 0 radical (unpaired) electrons. The highest BCUT2D eigenvalue weighted by Crippen LogP contribution is 2.41. The zero-order chi connectivity index (χ0) is 15.7. The minimum absolute atomic E-state index is 0.248. The van der Waals surface area contributed by atoms with Crippen molar-refractivity contribution in [1.29, 1.82) is 0 Å². The molecule has 1 heterocycles. The van der Waals surface area contributed by atoms with Gasteiger partial charge in [0.15, 0.2) is 11.5 Å². The van der Waals surface area contributed by atoms with Crippen molar-refractivity contribution in [2.45, 2.75) is 20.4 Å². The number of carbonyl (C=O) groups is 2. The molecular formula is C17H15NO4. The second-order valence-corrected chi connectivity index (χ2v) is 5.04. The minimum Gasteiger partial charge on any atom is -0.423 e. The molecule has 22 heavy (non-hydrogen) atoms. The average molecular weight is 297 g/mol. The maximum Gasteiger partial charge on any atom is 0.308 e. The van der Waals surface area contributed by atoms with Gasteiger partial charge in [-0.2, -0.15) is 0 Å². The van der Waals surface area contributed by atoms with Crippen molar-refractivity contribution in [1.82, 2.24) is 0 Å². The fourth-order valence-corrected chi connectivity index (χ4v) is 2.53. The first kappa shape index (κ1) is 14.1.